The first kappa shape index (κ1) is 20.3. The normalized spacial score (nSPS) is 11.2. The van der Waals surface area contributed by atoms with Gasteiger partial charge in [0.05, 0.1) is 28.2 Å². The molecule has 0 spiro atoms. The molecular weight excluding hydrogens is 396 g/mol. The van der Waals surface area contributed by atoms with Gasteiger partial charge in [-0.05, 0) is 38.1 Å². The van der Waals surface area contributed by atoms with Crippen molar-refractivity contribution in [1.29, 1.82) is 0 Å². The average molecular weight is 421 g/mol. The van der Waals surface area contributed by atoms with Gasteiger partial charge in [-0.2, -0.15) is 5.10 Å². The largest absolute Gasteiger partial charge is 0.364 e. The molecule has 0 bridgehead atoms. The maximum Gasteiger partial charge on any atom is 0.248 e. The van der Waals surface area contributed by atoms with Crippen LogP contribution in [0.1, 0.15) is 22.0 Å². The predicted octanol–water partition coefficient (Wildman–Crippen LogP) is 4.27. The number of aryl methyl sites for hydroxylation is 1. The summed E-state index contributed by atoms with van der Waals surface area (Å²) < 4.78 is 8.69. The Morgan fingerprint density at radius 3 is 2.60 bits per heavy atom. The van der Waals surface area contributed by atoms with Gasteiger partial charge < -0.3 is 9.64 Å². The average Bonchev–Trinajstić information content (AvgIpc) is 3.29. The van der Waals surface area contributed by atoms with E-state index >= 15 is 0 Å². The lowest BCUT2D eigenvalue weighted by Gasteiger charge is -2.17. The smallest absolute Gasteiger partial charge is 0.248 e. The van der Waals surface area contributed by atoms with Crippen molar-refractivity contribution in [2.24, 2.45) is 0 Å². The predicted molar refractivity (Wildman–Crippen MR) is 119 cm³/mol. The molecule has 7 heteroatoms. The lowest BCUT2D eigenvalue weighted by Crippen LogP contribution is -2.30. The molecule has 0 aliphatic carbocycles. The third-order valence-electron chi connectivity index (χ3n) is 5.05. The van der Waals surface area contributed by atoms with Crippen molar-refractivity contribution in [1.82, 2.24) is 19.7 Å². The summed E-state index contributed by atoms with van der Waals surface area (Å²) in [6.07, 6.45) is 0. The molecule has 154 valence electrons. The van der Waals surface area contributed by atoms with Gasteiger partial charge in [0.15, 0.2) is 0 Å². The number of nitrogens with zero attached hydrogens (tertiary/aromatic N) is 4. The second-order valence-electron chi connectivity index (χ2n) is 7.21. The maximum atomic E-state index is 12.6. The van der Waals surface area contributed by atoms with Gasteiger partial charge in [-0.1, -0.05) is 30.3 Å². The number of fused-ring (bicyclic) bond motifs is 1. The number of likely N-dealkylation sites (N-methyl/N-ethyl adjacent to an activating group) is 1. The summed E-state index contributed by atoms with van der Waals surface area (Å²) in [7, 11) is 1.79. The number of carbonyl (C=O) groups excluding carboxylic acids is 1. The summed E-state index contributed by atoms with van der Waals surface area (Å²) in [6, 6.07) is 18.0. The van der Waals surface area contributed by atoms with E-state index in [9.17, 15) is 4.79 Å². The summed E-state index contributed by atoms with van der Waals surface area (Å²) in [5, 5.41) is 5.53. The highest BCUT2D eigenvalue weighted by atomic mass is 32.1. The molecule has 2 aromatic heterocycles. The van der Waals surface area contributed by atoms with Crippen LogP contribution in [-0.4, -0.2) is 39.2 Å². The molecule has 0 fully saturated rings. The van der Waals surface area contributed by atoms with Crippen molar-refractivity contribution in [2.75, 3.05) is 13.7 Å². The Hall–Kier alpha value is -3.03. The van der Waals surface area contributed by atoms with Gasteiger partial charge in [0.1, 0.15) is 11.6 Å². The first-order valence-electron chi connectivity index (χ1n) is 9.79. The topological polar surface area (TPSA) is 60.2 Å². The van der Waals surface area contributed by atoms with Crippen LogP contribution in [0.4, 0.5) is 0 Å². The number of hydrogen-bond acceptors (Lipinski definition) is 5. The molecule has 0 unspecified atom stereocenters. The van der Waals surface area contributed by atoms with Crippen LogP contribution in [0, 0.1) is 13.8 Å². The van der Waals surface area contributed by atoms with E-state index < -0.39 is 0 Å². The zero-order chi connectivity index (χ0) is 21.1. The number of benzene rings is 2. The van der Waals surface area contributed by atoms with Crippen molar-refractivity contribution in [2.45, 2.75) is 27.0 Å². The van der Waals surface area contributed by atoms with E-state index in [2.05, 4.69) is 10.1 Å². The summed E-state index contributed by atoms with van der Waals surface area (Å²) >= 11 is 1.59. The second-order valence-corrected chi connectivity index (χ2v) is 8.33. The van der Waals surface area contributed by atoms with Crippen molar-refractivity contribution in [3.05, 3.63) is 76.6 Å². The van der Waals surface area contributed by atoms with Gasteiger partial charge in [0.25, 0.3) is 0 Å². The molecule has 2 heterocycles. The van der Waals surface area contributed by atoms with Crippen LogP contribution in [0.2, 0.25) is 0 Å². The van der Waals surface area contributed by atoms with Gasteiger partial charge in [-0.3, -0.25) is 4.79 Å². The fraction of sp³-hybridized carbons (Fsp3) is 0.261. The van der Waals surface area contributed by atoms with Gasteiger partial charge in [0.2, 0.25) is 5.91 Å². The van der Waals surface area contributed by atoms with E-state index in [0.29, 0.717) is 13.2 Å². The number of amides is 1. The van der Waals surface area contributed by atoms with Crippen molar-refractivity contribution in [3.63, 3.8) is 0 Å². The summed E-state index contributed by atoms with van der Waals surface area (Å²) in [5.74, 6) is -0.0672. The number of thiazole rings is 1. The third-order valence-corrected chi connectivity index (χ3v) is 6.06. The molecule has 0 saturated carbocycles. The third kappa shape index (κ3) is 4.27. The Kier molecular flexibility index (Phi) is 5.92. The van der Waals surface area contributed by atoms with Crippen molar-refractivity contribution in [3.8, 4) is 5.69 Å². The fourth-order valence-corrected chi connectivity index (χ4v) is 4.27. The SMILES string of the molecule is Cc1nn(-c2ccccc2)c(C)c1CN(C)C(=O)COCc1nc2ccccc2s1. The van der Waals surface area contributed by atoms with E-state index in [1.165, 1.54) is 0 Å². The molecule has 0 aliphatic heterocycles. The molecule has 30 heavy (non-hydrogen) atoms. The van der Waals surface area contributed by atoms with E-state index in [-0.39, 0.29) is 12.5 Å². The second kappa shape index (κ2) is 8.77. The van der Waals surface area contributed by atoms with Gasteiger partial charge in [-0.25, -0.2) is 9.67 Å². The van der Waals surface area contributed by atoms with Crippen LogP contribution in [0.15, 0.2) is 54.6 Å². The highest BCUT2D eigenvalue weighted by Crippen LogP contribution is 2.22. The quantitative estimate of drug-likeness (QED) is 0.448. The molecule has 0 saturated heterocycles. The number of rotatable bonds is 7. The van der Waals surface area contributed by atoms with Gasteiger partial charge in [-0.15, -0.1) is 11.3 Å². The molecule has 0 aliphatic rings. The molecule has 0 atom stereocenters. The van der Waals surface area contributed by atoms with Crippen molar-refractivity contribution >= 4 is 27.5 Å². The molecule has 6 nitrogen and oxygen atoms in total. The highest BCUT2D eigenvalue weighted by Gasteiger charge is 2.17. The van der Waals surface area contributed by atoms with Crippen LogP contribution in [0.3, 0.4) is 0 Å². The van der Waals surface area contributed by atoms with Crippen LogP contribution in [0.25, 0.3) is 15.9 Å². The molecule has 4 aromatic rings. The Labute approximate surface area is 179 Å². The summed E-state index contributed by atoms with van der Waals surface area (Å²) in [6.45, 7) is 4.86. The highest BCUT2D eigenvalue weighted by molar-refractivity contribution is 7.18. The summed E-state index contributed by atoms with van der Waals surface area (Å²) in [5.41, 5.74) is 4.99. The van der Waals surface area contributed by atoms with E-state index in [1.807, 2.05) is 73.1 Å². The fourth-order valence-electron chi connectivity index (χ4n) is 3.37. The number of ether oxygens (including phenoxy) is 1. The van der Waals surface area contributed by atoms with Crippen LogP contribution in [-0.2, 0) is 22.7 Å². The minimum Gasteiger partial charge on any atom is -0.364 e. The molecule has 0 N–H and O–H groups in total. The zero-order valence-corrected chi connectivity index (χ0v) is 18.1. The van der Waals surface area contributed by atoms with Crippen LogP contribution >= 0.6 is 11.3 Å². The Morgan fingerprint density at radius 2 is 1.83 bits per heavy atom. The van der Waals surface area contributed by atoms with Gasteiger partial charge in [0, 0.05) is 24.8 Å². The first-order valence-corrected chi connectivity index (χ1v) is 10.6. The van der Waals surface area contributed by atoms with E-state index in [0.717, 1.165) is 37.9 Å². The molecule has 1 amide bonds. The number of carbonyl (C=O) groups is 1. The minimum atomic E-state index is -0.0672. The monoisotopic (exact) mass is 420 g/mol. The van der Waals surface area contributed by atoms with E-state index in [1.54, 1.807) is 23.3 Å². The molecule has 0 radical (unpaired) electrons. The summed E-state index contributed by atoms with van der Waals surface area (Å²) in [4.78, 5) is 18.8. The molecular formula is C23H24N4O2S. The standard InChI is InChI=1S/C23H24N4O2S/c1-16-19(17(2)27(25-16)18-9-5-4-6-10-18)13-26(3)23(28)15-29-14-22-24-20-11-7-8-12-21(20)30-22/h4-12H,13-15H2,1-3H3. The Morgan fingerprint density at radius 1 is 1.10 bits per heavy atom. The zero-order valence-electron chi connectivity index (χ0n) is 17.3. The van der Waals surface area contributed by atoms with Crippen LogP contribution < -0.4 is 0 Å². The lowest BCUT2D eigenvalue weighted by molar-refractivity contribution is -0.135. The number of aromatic nitrogens is 3. The maximum absolute atomic E-state index is 12.6. The Balaban J connectivity index is 1.36. The lowest BCUT2D eigenvalue weighted by atomic mass is 10.2. The first-order chi connectivity index (χ1) is 14.5. The molecule has 4 rings (SSSR count). The number of para-hydroxylation sites is 2. The number of hydrogen-bond donors (Lipinski definition) is 0. The minimum absolute atomic E-state index is 0.0251. The van der Waals surface area contributed by atoms with Gasteiger partial charge >= 0.3 is 0 Å². The van der Waals surface area contributed by atoms with Crippen molar-refractivity contribution < 1.29 is 9.53 Å². The van der Waals surface area contributed by atoms with Crippen LogP contribution in [0.5, 0.6) is 0 Å². The molecule has 2 aromatic carbocycles. The Bertz CT molecular complexity index is 1130. The van der Waals surface area contributed by atoms with E-state index in [4.69, 9.17) is 4.74 Å².